The van der Waals surface area contributed by atoms with Crippen molar-refractivity contribution in [2.45, 2.75) is 12.5 Å². The van der Waals surface area contributed by atoms with Crippen molar-refractivity contribution in [3.8, 4) is 11.4 Å². The first-order chi connectivity index (χ1) is 13.1. The number of nitrogens with one attached hydrogen (secondary N) is 3. The second-order valence-corrected chi connectivity index (χ2v) is 7.57. The third kappa shape index (κ3) is 4.12. The van der Waals surface area contributed by atoms with Gasteiger partial charge in [0.25, 0.3) is 0 Å². The average Bonchev–Trinajstić information content (AvgIpc) is 3.06. The van der Waals surface area contributed by atoms with Crippen LogP contribution in [0.25, 0.3) is 22.4 Å². The molecule has 1 amide bonds. The van der Waals surface area contributed by atoms with Crippen molar-refractivity contribution in [1.29, 1.82) is 0 Å². The van der Waals surface area contributed by atoms with Gasteiger partial charge in [-0.3, -0.25) is 4.79 Å². The lowest BCUT2D eigenvalue weighted by Gasteiger charge is -2.22. The van der Waals surface area contributed by atoms with E-state index in [0.717, 1.165) is 35.7 Å². The minimum atomic E-state index is -0.926. The number of aromatic nitrogens is 2. The molecule has 0 aliphatic carbocycles. The number of halogens is 2. The van der Waals surface area contributed by atoms with Gasteiger partial charge in [0.15, 0.2) is 11.6 Å². The molecule has 5 nitrogen and oxygen atoms in total. The van der Waals surface area contributed by atoms with Crippen molar-refractivity contribution in [3.63, 3.8) is 0 Å². The minimum absolute atomic E-state index is 0.0302. The van der Waals surface area contributed by atoms with Crippen molar-refractivity contribution < 1.29 is 13.6 Å². The summed E-state index contributed by atoms with van der Waals surface area (Å²) in [6.45, 7) is 0.933. The number of nitrogens with zero attached hydrogens (tertiary/aromatic N) is 1. The number of amides is 1. The predicted molar refractivity (Wildman–Crippen MR) is 104 cm³/mol. The molecule has 2 aromatic carbocycles. The molecule has 0 radical (unpaired) electrons. The zero-order chi connectivity index (χ0) is 18.8. The quantitative estimate of drug-likeness (QED) is 0.639. The van der Waals surface area contributed by atoms with Gasteiger partial charge in [-0.25, -0.2) is 13.8 Å². The number of rotatable bonds is 4. The number of carbonyl (C=O) groups excluding carboxylic acids is 1. The number of hydrogen-bond donors (Lipinski definition) is 3. The summed E-state index contributed by atoms with van der Waals surface area (Å²) in [7, 11) is 0. The topological polar surface area (TPSA) is 69.8 Å². The van der Waals surface area contributed by atoms with Crippen molar-refractivity contribution in [2.75, 3.05) is 23.4 Å². The molecule has 2 heterocycles. The monoisotopic (exact) mass is 388 g/mol. The summed E-state index contributed by atoms with van der Waals surface area (Å²) in [5.74, 6) is 0.667. The van der Waals surface area contributed by atoms with E-state index < -0.39 is 11.6 Å². The van der Waals surface area contributed by atoms with Crippen LogP contribution in [0.3, 0.4) is 0 Å². The Kier molecular flexibility index (Phi) is 5.09. The van der Waals surface area contributed by atoms with Gasteiger partial charge >= 0.3 is 0 Å². The molecule has 3 N–H and O–H groups in total. The SMILES string of the molecule is O=C(CC1CSCCN1)Nc1ccc(-c2nc3cc(F)c(F)cc3[nH]2)cc1. The summed E-state index contributed by atoms with van der Waals surface area (Å²) in [6.07, 6.45) is 0.440. The Bertz CT molecular complexity index is 929. The van der Waals surface area contributed by atoms with Gasteiger partial charge in [-0.15, -0.1) is 0 Å². The molecule has 0 saturated carbocycles. The average molecular weight is 388 g/mol. The van der Waals surface area contributed by atoms with Crippen LogP contribution < -0.4 is 10.6 Å². The first-order valence-corrected chi connectivity index (χ1v) is 9.80. The molecule has 140 valence electrons. The van der Waals surface area contributed by atoms with Crippen LogP contribution in [-0.4, -0.2) is 40.0 Å². The summed E-state index contributed by atoms with van der Waals surface area (Å²) >= 11 is 1.85. The molecule has 1 aliphatic rings. The summed E-state index contributed by atoms with van der Waals surface area (Å²) in [4.78, 5) is 19.4. The Hall–Kier alpha value is -2.45. The Balaban J connectivity index is 1.44. The van der Waals surface area contributed by atoms with Crippen molar-refractivity contribution in [2.24, 2.45) is 0 Å². The fourth-order valence-electron chi connectivity index (χ4n) is 3.04. The first-order valence-electron chi connectivity index (χ1n) is 8.64. The van der Waals surface area contributed by atoms with Crippen LogP contribution in [0.15, 0.2) is 36.4 Å². The van der Waals surface area contributed by atoms with E-state index in [4.69, 9.17) is 0 Å². The second kappa shape index (κ2) is 7.66. The maximum Gasteiger partial charge on any atom is 0.225 e. The molecule has 3 aromatic rings. The molecule has 1 fully saturated rings. The summed E-state index contributed by atoms with van der Waals surface area (Å²) in [6, 6.07) is 9.53. The summed E-state index contributed by atoms with van der Waals surface area (Å²) < 4.78 is 26.7. The standard InChI is InChI=1S/C19H18F2N4OS/c20-14-8-16-17(9-15(14)21)25-19(24-16)11-1-3-12(4-2-11)23-18(26)7-13-10-27-6-5-22-13/h1-4,8-9,13,22H,5-7,10H2,(H,23,26)(H,24,25). The van der Waals surface area contributed by atoms with Crippen molar-refractivity contribution in [3.05, 3.63) is 48.0 Å². The molecule has 1 aromatic heterocycles. The van der Waals surface area contributed by atoms with Crippen LogP contribution in [0.5, 0.6) is 0 Å². The Morgan fingerprint density at radius 2 is 2.00 bits per heavy atom. The molecule has 1 saturated heterocycles. The highest BCUT2D eigenvalue weighted by atomic mass is 32.2. The molecule has 0 spiro atoms. The minimum Gasteiger partial charge on any atom is -0.338 e. The molecule has 8 heteroatoms. The number of H-pyrrole nitrogens is 1. The maximum atomic E-state index is 13.3. The molecular formula is C19H18F2N4OS. The van der Waals surface area contributed by atoms with E-state index in [2.05, 4.69) is 20.6 Å². The number of carbonyl (C=O) groups is 1. The molecule has 1 aliphatic heterocycles. The number of thioether (sulfide) groups is 1. The Morgan fingerprint density at radius 1 is 1.22 bits per heavy atom. The second-order valence-electron chi connectivity index (χ2n) is 6.42. The van der Waals surface area contributed by atoms with Crippen LogP contribution in [0.4, 0.5) is 14.5 Å². The van der Waals surface area contributed by atoms with Crippen molar-refractivity contribution >= 4 is 34.4 Å². The van der Waals surface area contributed by atoms with E-state index in [-0.39, 0.29) is 11.9 Å². The van der Waals surface area contributed by atoms with E-state index in [0.29, 0.717) is 29.0 Å². The van der Waals surface area contributed by atoms with Gasteiger partial charge in [-0.2, -0.15) is 11.8 Å². The zero-order valence-electron chi connectivity index (χ0n) is 14.4. The lowest BCUT2D eigenvalue weighted by atomic mass is 10.2. The Labute approximate surface area is 158 Å². The zero-order valence-corrected chi connectivity index (χ0v) is 15.2. The number of fused-ring (bicyclic) bond motifs is 1. The normalized spacial score (nSPS) is 17.2. The summed E-state index contributed by atoms with van der Waals surface area (Å²) in [5.41, 5.74) is 2.24. The molecule has 1 atom stereocenters. The van der Waals surface area contributed by atoms with Crippen LogP contribution in [-0.2, 0) is 4.79 Å². The number of imidazole rings is 1. The predicted octanol–water partition coefficient (Wildman–Crippen LogP) is 3.54. The van der Waals surface area contributed by atoms with E-state index in [1.165, 1.54) is 0 Å². The van der Waals surface area contributed by atoms with Crippen LogP contribution in [0.2, 0.25) is 0 Å². The number of benzene rings is 2. The van der Waals surface area contributed by atoms with Crippen LogP contribution >= 0.6 is 11.8 Å². The van der Waals surface area contributed by atoms with E-state index >= 15 is 0 Å². The van der Waals surface area contributed by atoms with Crippen molar-refractivity contribution in [1.82, 2.24) is 15.3 Å². The first kappa shape index (κ1) is 17.9. The van der Waals surface area contributed by atoms with Crippen LogP contribution in [0, 0.1) is 11.6 Å². The third-order valence-corrected chi connectivity index (χ3v) is 5.53. The molecule has 0 bridgehead atoms. The van der Waals surface area contributed by atoms with E-state index in [9.17, 15) is 13.6 Å². The van der Waals surface area contributed by atoms with E-state index in [1.807, 2.05) is 11.8 Å². The molecule has 27 heavy (non-hydrogen) atoms. The highest BCUT2D eigenvalue weighted by Gasteiger charge is 2.17. The van der Waals surface area contributed by atoms with Gasteiger partial charge in [0, 0.05) is 53.9 Å². The van der Waals surface area contributed by atoms with Gasteiger partial charge in [0.05, 0.1) is 11.0 Å². The van der Waals surface area contributed by atoms with Gasteiger partial charge in [0.2, 0.25) is 5.91 Å². The van der Waals surface area contributed by atoms with E-state index in [1.54, 1.807) is 24.3 Å². The summed E-state index contributed by atoms with van der Waals surface area (Å²) in [5, 5.41) is 6.23. The van der Waals surface area contributed by atoms with Gasteiger partial charge in [-0.05, 0) is 24.3 Å². The maximum absolute atomic E-state index is 13.3. The van der Waals surface area contributed by atoms with Gasteiger partial charge in [0.1, 0.15) is 5.82 Å². The van der Waals surface area contributed by atoms with Gasteiger partial charge < -0.3 is 15.6 Å². The van der Waals surface area contributed by atoms with Crippen LogP contribution in [0.1, 0.15) is 6.42 Å². The lowest BCUT2D eigenvalue weighted by Crippen LogP contribution is -2.39. The number of aromatic amines is 1. The number of anilines is 1. The fourth-order valence-corrected chi connectivity index (χ4v) is 3.99. The third-order valence-electron chi connectivity index (χ3n) is 4.40. The lowest BCUT2D eigenvalue weighted by molar-refractivity contribution is -0.116. The fraction of sp³-hybridized carbons (Fsp3) is 0.263. The molecular weight excluding hydrogens is 370 g/mol. The smallest absolute Gasteiger partial charge is 0.225 e. The largest absolute Gasteiger partial charge is 0.338 e. The number of hydrogen-bond acceptors (Lipinski definition) is 4. The highest BCUT2D eigenvalue weighted by Crippen LogP contribution is 2.24. The molecule has 1 unspecified atom stereocenters. The highest BCUT2D eigenvalue weighted by molar-refractivity contribution is 7.99. The molecule has 4 rings (SSSR count). The Morgan fingerprint density at radius 3 is 2.74 bits per heavy atom. The van der Waals surface area contributed by atoms with Gasteiger partial charge in [-0.1, -0.05) is 0 Å².